The summed E-state index contributed by atoms with van der Waals surface area (Å²) in [7, 11) is 0. The van der Waals surface area contributed by atoms with E-state index in [4.69, 9.17) is 0 Å². The summed E-state index contributed by atoms with van der Waals surface area (Å²) in [5.41, 5.74) is 11.4. The fourth-order valence-corrected chi connectivity index (χ4v) is 7.73. The molecule has 0 saturated heterocycles. The van der Waals surface area contributed by atoms with Crippen LogP contribution in [0.25, 0.3) is 50.0 Å². The Morgan fingerprint density at radius 1 is 0.571 bits per heavy atom. The van der Waals surface area contributed by atoms with Crippen molar-refractivity contribution in [2.75, 3.05) is 0 Å². The second-order valence-corrected chi connectivity index (χ2v) is 11.4. The zero-order valence-corrected chi connectivity index (χ0v) is 23.1. The Balaban J connectivity index is 1.29. The molecule has 3 nitrogen and oxygen atoms in total. The standard InChI is InChI=1S/C39H29N3/c1-2-27-28-13-3-4-14-29(28)34-17-9-11-23-40(34)38(27)39-32-22-21-26(25-33(32)35-18-10-12-24-41(35)39)42-36-19-7-5-15-30(36)31-16-6-8-20-37(31)42/h2-25,27,38-39H,1H2/q+2. The fourth-order valence-electron chi connectivity index (χ4n) is 7.73. The van der Waals surface area contributed by atoms with Gasteiger partial charge in [-0.15, -0.1) is 6.58 Å². The van der Waals surface area contributed by atoms with E-state index in [1.807, 2.05) is 0 Å². The molecule has 7 aromatic rings. The Labute approximate surface area is 244 Å². The van der Waals surface area contributed by atoms with E-state index in [0.29, 0.717) is 0 Å². The summed E-state index contributed by atoms with van der Waals surface area (Å²) in [5, 5.41) is 2.56. The van der Waals surface area contributed by atoms with E-state index >= 15 is 0 Å². The van der Waals surface area contributed by atoms with Crippen molar-refractivity contribution in [3.05, 3.63) is 164 Å². The molecule has 0 fully saturated rings. The SMILES string of the molecule is C=CC1c2ccccc2-c2cccc[n+]2C1C1c2ccc(-n3c4ccccc4c4ccccc43)cc2-c2cccc[n+]21. The first kappa shape index (κ1) is 23.4. The second kappa shape index (κ2) is 8.86. The molecular formula is C39H29N3+2. The van der Waals surface area contributed by atoms with Crippen LogP contribution in [0.3, 0.4) is 0 Å². The molecule has 2 aliphatic heterocycles. The van der Waals surface area contributed by atoms with Crippen LogP contribution in [0.1, 0.15) is 29.1 Å². The highest BCUT2D eigenvalue weighted by Crippen LogP contribution is 2.48. The van der Waals surface area contributed by atoms with Gasteiger partial charge in [-0.25, -0.2) is 0 Å². The van der Waals surface area contributed by atoms with Gasteiger partial charge in [-0.1, -0.05) is 60.7 Å². The molecule has 198 valence electrons. The van der Waals surface area contributed by atoms with Crippen LogP contribution in [-0.2, 0) is 0 Å². The first-order valence-corrected chi connectivity index (χ1v) is 14.7. The van der Waals surface area contributed by atoms with Gasteiger partial charge in [0.2, 0.25) is 23.5 Å². The van der Waals surface area contributed by atoms with Crippen LogP contribution in [-0.4, -0.2) is 4.57 Å². The van der Waals surface area contributed by atoms with E-state index in [9.17, 15) is 0 Å². The van der Waals surface area contributed by atoms with Crippen LogP contribution >= 0.6 is 0 Å². The number of nitrogens with zero attached hydrogens (tertiary/aromatic N) is 3. The Kier molecular flexibility index (Phi) is 4.94. The molecule has 3 atom stereocenters. The zero-order chi connectivity index (χ0) is 27.8. The lowest BCUT2D eigenvalue weighted by molar-refractivity contribution is -0.800. The summed E-state index contributed by atoms with van der Waals surface area (Å²) in [6.45, 7) is 4.37. The Morgan fingerprint density at radius 2 is 1.19 bits per heavy atom. The normalized spacial score (nSPS) is 18.3. The largest absolute Gasteiger partial charge is 0.309 e. The number of pyridine rings is 2. The third kappa shape index (κ3) is 3.11. The van der Waals surface area contributed by atoms with Crippen LogP contribution in [0.4, 0.5) is 0 Å². The number of hydrogen-bond donors (Lipinski definition) is 0. The predicted molar refractivity (Wildman–Crippen MR) is 169 cm³/mol. The lowest BCUT2D eigenvalue weighted by Gasteiger charge is -2.30. The predicted octanol–water partition coefficient (Wildman–Crippen LogP) is 8.12. The van der Waals surface area contributed by atoms with E-state index < -0.39 is 0 Å². The monoisotopic (exact) mass is 539 g/mol. The number of aromatic nitrogens is 3. The lowest BCUT2D eigenvalue weighted by atomic mass is 9.78. The Morgan fingerprint density at radius 3 is 1.93 bits per heavy atom. The summed E-state index contributed by atoms with van der Waals surface area (Å²) in [6.07, 6.45) is 6.66. The number of fused-ring (bicyclic) bond motifs is 9. The molecule has 3 unspecified atom stereocenters. The number of allylic oxidation sites excluding steroid dienone is 1. The first-order chi connectivity index (χ1) is 20.8. The number of hydrogen-bond acceptors (Lipinski definition) is 0. The molecule has 9 rings (SSSR count). The van der Waals surface area contributed by atoms with Gasteiger partial charge >= 0.3 is 0 Å². The van der Waals surface area contributed by atoms with Crippen molar-refractivity contribution < 1.29 is 9.13 Å². The van der Waals surface area contributed by atoms with E-state index in [-0.39, 0.29) is 18.0 Å². The van der Waals surface area contributed by atoms with Crippen molar-refractivity contribution in [3.63, 3.8) is 0 Å². The fraction of sp³-hybridized carbons (Fsp3) is 0.0769. The minimum absolute atomic E-state index is 0.117. The smallest absolute Gasteiger partial charge is 0.246 e. The molecular weight excluding hydrogens is 510 g/mol. The summed E-state index contributed by atoms with van der Waals surface area (Å²) in [4.78, 5) is 0. The van der Waals surface area contributed by atoms with Gasteiger partial charge in [-0.05, 0) is 54.1 Å². The first-order valence-electron chi connectivity index (χ1n) is 14.7. The van der Waals surface area contributed by atoms with Gasteiger partial charge in [0.1, 0.15) is 0 Å². The van der Waals surface area contributed by atoms with Gasteiger partial charge in [0.15, 0.2) is 12.4 Å². The molecule has 0 radical (unpaired) electrons. The minimum atomic E-state index is 0.117. The van der Waals surface area contributed by atoms with E-state index in [0.717, 1.165) is 0 Å². The van der Waals surface area contributed by atoms with Crippen molar-refractivity contribution in [2.24, 2.45) is 0 Å². The number of para-hydroxylation sites is 2. The Bertz CT molecular complexity index is 2150. The molecule has 3 aromatic heterocycles. The van der Waals surface area contributed by atoms with E-state index in [1.165, 1.54) is 61.1 Å². The van der Waals surface area contributed by atoms with Crippen molar-refractivity contribution in [3.8, 4) is 28.2 Å². The molecule has 0 N–H and O–H groups in total. The topological polar surface area (TPSA) is 12.7 Å². The van der Waals surface area contributed by atoms with Crippen molar-refractivity contribution in [2.45, 2.75) is 18.0 Å². The highest BCUT2D eigenvalue weighted by atomic mass is 15.1. The van der Waals surface area contributed by atoms with Gasteiger partial charge < -0.3 is 4.57 Å². The van der Waals surface area contributed by atoms with Gasteiger partial charge in [-0.2, -0.15) is 9.13 Å². The molecule has 0 amide bonds. The van der Waals surface area contributed by atoms with Gasteiger partial charge in [0.25, 0.3) is 0 Å². The summed E-state index contributed by atoms with van der Waals surface area (Å²) in [5.74, 6) is 0.162. The molecule has 5 heterocycles. The maximum absolute atomic E-state index is 4.37. The quantitative estimate of drug-likeness (QED) is 0.159. The van der Waals surface area contributed by atoms with Crippen molar-refractivity contribution in [1.82, 2.24) is 4.57 Å². The summed E-state index contributed by atoms with van der Waals surface area (Å²) >= 11 is 0. The molecule has 0 aliphatic carbocycles. The molecule has 3 heteroatoms. The summed E-state index contributed by atoms with van der Waals surface area (Å²) in [6, 6.07) is 46.8. The van der Waals surface area contributed by atoms with Gasteiger partial charge in [0, 0.05) is 46.3 Å². The minimum Gasteiger partial charge on any atom is -0.309 e. The molecule has 42 heavy (non-hydrogen) atoms. The molecule has 0 bridgehead atoms. The maximum Gasteiger partial charge on any atom is 0.246 e. The molecule has 2 aliphatic rings. The van der Waals surface area contributed by atoms with Crippen LogP contribution in [0, 0.1) is 0 Å². The number of benzene rings is 4. The van der Waals surface area contributed by atoms with Crippen LogP contribution in [0.15, 0.2) is 152 Å². The maximum atomic E-state index is 4.37. The highest BCUT2D eigenvalue weighted by molar-refractivity contribution is 6.09. The second-order valence-electron chi connectivity index (χ2n) is 11.4. The molecule has 0 saturated carbocycles. The molecule has 0 spiro atoms. The zero-order valence-electron chi connectivity index (χ0n) is 23.1. The van der Waals surface area contributed by atoms with Crippen LogP contribution in [0.2, 0.25) is 0 Å². The van der Waals surface area contributed by atoms with Gasteiger partial charge in [-0.3, -0.25) is 0 Å². The van der Waals surface area contributed by atoms with Crippen LogP contribution < -0.4 is 9.13 Å². The average Bonchev–Trinajstić information content (AvgIpc) is 3.56. The van der Waals surface area contributed by atoms with Gasteiger partial charge in [0.05, 0.1) is 28.1 Å². The van der Waals surface area contributed by atoms with E-state index in [1.54, 1.807) is 0 Å². The molecule has 4 aromatic carbocycles. The summed E-state index contributed by atoms with van der Waals surface area (Å²) < 4.78 is 7.39. The van der Waals surface area contributed by atoms with Crippen molar-refractivity contribution in [1.29, 1.82) is 0 Å². The average molecular weight is 540 g/mol. The Hall–Kier alpha value is -5.28. The number of rotatable bonds is 3. The lowest BCUT2D eigenvalue weighted by Crippen LogP contribution is -2.56. The third-order valence-electron chi connectivity index (χ3n) is 9.41. The van der Waals surface area contributed by atoms with Crippen molar-refractivity contribution >= 4 is 21.8 Å². The van der Waals surface area contributed by atoms with Crippen LogP contribution in [0.5, 0.6) is 0 Å². The van der Waals surface area contributed by atoms with E-state index in [2.05, 4.69) is 166 Å². The third-order valence-corrected chi connectivity index (χ3v) is 9.41. The highest BCUT2D eigenvalue weighted by Gasteiger charge is 2.52.